The Hall–Kier alpha value is -2.16. The first kappa shape index (κ1) is 15.2. The number of nitrogens with one attached hydrogen (secondary N) is 2. The number of alkyl halides is 3. The van der Waals surface area contributed by atoms with Gasteiger partial charge in [0.1, 0.15) is 5.69 Å². The second kappa shape index (κ2) is 5.32. The first-order valence-electron chi connectivity index (χ1n) is 6.04. The summed E-state index contributed by atoms with van der Waals surface area (Å²) in [5.74, 6) is -2.44. The Balaban J connectivity index is 2.18. The van der Waals surface area contributed by atoms with E-state index in [1.807, 2.05) is 0 Å². The number of aromatic nitrogens is 1. The van der Waals surface area contributed by atoms with Gasteiger partial charge in [0.2, 0.25) is 5.91 Å². The van der Waals surface area contributed by atoms with E-state index in [0.717, 1.165) is 12.3 Å². The van der Waals surface area contributed by atoms with Gasteiger partial charge in [0.05, 0.1) is 11.9 Å². The highest BCUT2D eigenvalue weighted by Gasteiger charge is 2.61. The number of amides is 1. The third-order valence-corrected chi connectivity index (χ3v) is 3.37. The Labute approximate surface area is 117 Å². The van der Waals surface area contributed by atoms with Crippen molar-refractivity contribution in [2.45, 2.75) is 12.6 Å². The fourth-order valence-electron chi connectivity index (χ4n) is 2.10. The predicted octanol–water partition coefficient (Wildman–Crippen LogP) is 1.26. The second-order valence-electron chi connectivity index (χ2n) is 4.70. The molecule has 1 unspecified atom stereocenters. The van der Waals surface area contributed by atoms with Gasteiger partial charge in [-0.1, -0.05) is 0 Å². The average molecular weight is 303 g/mol. The molecule has 0 radical (unpaired) electrons. The standard InChI is InChI=1S/C12H12F3N3O3/c13-12(14,15)11(3-4-16-6-11)10(21)18-7-1-2-8(9(19)20)17-5-7/h1-2,5,16H,3-4,6H2,(H,18,21)(H,19,20). The van der Waals surface area contributed by atoms with E-state index in [1.165, 1.54) is 6.07 Å². The number of nitrogens with zero attached hydrogens (tertiary/aromatic N) is 1. The van der Waals surface area contributed by atoms with Gasteiger partial charge in [-0.05, 0) is 25.1 Å². The fraction of sp³-hybridized carbons (Fsp3) is 0.417. The molecule has 2 rings (SSSR count). The lowest BCUT2D eigenvalue weighted by Gasteiger charge is -2.29. The Bertz CT molecular complexity index is 551. The maximum absolute atomic E-state index is 13.1. The summed E-state index contributed by atoms with van der Waals surface area (Å²) in [5, 5.41) is 13.4. The normalized spacial score (nSPS) is 22.0. The largest absolute Gasteiger partial charge is 0.477 e. The average Bonchev–Trinajstić information content (AvgIpc) is 2.89. The summed E-state index contributed by atoms with van der Waals surface area (Å²) >= 11 is 0. The molecule has 0 spiro atoms. The lowest BCUT2D eigenvalue weighted by Crippen LogP contribution is -2.49. The molecule has 1 aromatic heterocycles. The zero-order valence-electron chi connectivity index (χ0n) is 10.7. The molecule has 2 heterocycles. The fourth-order valence-corrected chi connectivity index (χ4v) is 2.10. The van der Waals surface area contributed by atoms with Crippen LogP contribution in [0.4, 0.5) is 18.9 Å². The zero-order chi connectivity index (χ0) is 15.7. The summed E-state index contributed by atoms with van der Waals surface area (Å²) in [7, 11) is 0. The molecule has 6 nitrogen and oxygen atoms in total. The van der Waals surface area contributed by atoms with Crippen LogP contribution in [-0.2, 0) is 4.79 Å². The monoisotopic (exact) mass is 303 g/mol. The number of hydrogen-bond acceptors (Lipinski definition) is 4. The van der Waals surface area contributed by atoms with E-state index in [1.54, 1.807) is 0 Å². The predicted molar refractivity (Wildman–Crippen MR) is 65.8 cm³/mol. The molecule has 1 atom stereocenters. The Morgan fingerprint density at radius 1 is 1.38 bits per heavy atom. The van der Waals surface area contributed by atoms with Crippen molar-refractivity contribution in [3.05, 3.63) is 24.0 Å². The first-order valence-corrected chi connectivity index (χ1v) is 6.04. The summed E-state index contributed by atoms with van der Waals surface area (Å²) in [6.07, 6.45) is -4.01. The van der Waals surface area contributed by atoms with E-state index in [-0.39, 0.29) is 24.3 Å². The maximum Gasteiger partial charge on any atom is 0.404 e. The van der Waals surface area contributed by atoms with Gasteiger partial charge in [0.25, 0.3) is 0 Å². The molecule has 1 amide bonds. The zero-order valence-corrected chi connectivity index (χ0v) is 10.7. The SMILES string of the molecule is O=C(O)c1ccc(NC(=O)C2(C(F)(F)F)CCNC2)cn1. The van der Waals surface area contributed by atoms with E-state index in [0.29, 0.717) is 0 Å². The van der Waals surface area contributed by atoms with Crippen LogP contribution in [0.3, 0.4) is 0 Å². The van der Waals surface area contributed by atoms with Crippen molar-refractivity contribution in [3.63, 3.8) is 0 Å². The van der Waals surface area contributed by atoms with Gasteiger partial charge in [-0.3, -0.25) is 4.79 Å². The van der Waals surface area contributed by atoms with Crippen LogP contribution in [-0.4, -0.2) is 41.2 Å². The van der Waals surface area contributed by atoms with E-state index < -0.39 is 30.0 Å². The summed E-state index contributed by atoms with van der Waals surface area (Å²) in [6, 6.07) is 2.30. The lowest BCUT2D eigenvalue weighted by molar-refractivity contribution is -0.213. The number of rotatable bonds is 3. The molecule has 0 aromatic carbocycles. The lowest BCUT2D eigenvalue weighted by atomic mass is 9.85. The van der Waals surface area contributed by atoms with Crippen LogP contribution in [0.15, 0.2) is 18.3 Å². The molecule has 0 saturated carbocycles. The molecule has 1 aliphatic heterocycles. The van der Waals surface area contributed by atoms with Crippen LogP contribution < -0.4 is 10.6 Å². The quantitative estimate of drug-likeness (QED) is 0.782. The summed E-state index contributed by atoms with van der Waals surface area (Å²) in [5.41, 5.74) is -2.72. The molecule has 114 valence electrons. The third-order valence-electron chi connectivity index (χ3n) is 3.37. The highest BCUT2D eigenvalue weighted by Crippen LogP contribution is 2.43. The molecular formula is C12H12F3N3O3. The van der Waals surface area contributed by atoms with Gasteiger partial charge >= 0.3 is 12.1 Å². The van der Waals surface area contributed by atoms with Crippen molar-refractivity contribution in [1.29, 1.82) is 0 Å². The van der Waals surface area contributed by atoms with Crippen LogP contribution in [0.5, 0.6) is 0 Å². The Kier molecular flexibility index (Phi) is 3.86. The minimum atomic E-state index is -4.67. The highest BCUT2D eigenvalue weighted by molar-refractivity contribution is 5.96. The molecule has 21 heavy (non-hydrogen) atoms. The summed E-state index contributed by atoms with van der Waals surface area (Å²) < 4.78 is 39.4. The molecule has 1 aliphatic rings. The van der Waals surface area contributed by atoms with Crippen LogP contribution in [0, 0.1) is 5.41 Å². The summed E-state index contributed by atoms with van der Waals surface area (Å²) in [6.45, 7) is -0.383. The Morgan fingerprint density at radius 3 is 2.52 bits per heavy atom. The Morgan fingerprint density at radius 2 is 2.10 bits per heavy atom. The molecule has 9 heteroatoms. The number of aromatic carboxylic acids is 1. The van der Waals surface area contributed by atoms with Crippen molar-refractivity contribution in [3.8, 4) is 0 Å². The molecule has 1 fully saturated rings. The molecule has 0 bridgehead atoms. The number of hydrogen-bond donors (Lipinski definition) is 3. The van der Waals surface area contributed by atoms with E-state index in [4.69, 9.17) is 5.11 Å². The van der Waals surface area contributed by atoms with Crippen LogP contribution in [0.25, 0.3) is 0 Å². The van der Waals surface area contributed by atoms with Gasteiger partial charge < -0.3 is 15.7 Å². The molecule has 0 aliphatic carbocycles. The van der Waals surface area contributed by atoms with Crippen LogP contribution in [0.1, 0.15) is 16.9 Å². The molecule has 1 aromatic rings. The highest BCUT2D eigenvalue weighted by atomic mass is 19.4. The minimum Gasteiger partial charge on any atom is -0.477 e. The van der Waals surface area contributed by atoms with Crippen molar-refractivity contribution in [1.82, 2.24) is 10.3 Å². The van der Waals surface area contributed by atoms with E-state index in [9.17, 15) is 22.8 Å². The van der Waals surface area contributed by atoms with Crippen LogP contribution >= 0.6 is 0 Å². The van der Waals surface area contributed by atoms with Gasteiger partial charge in [-0.2, -0.15) is 13.2 Å². The molecule has 1 saturated heterocycles. The number of anilines is 1. The number of carboxylic acid groups (broad SMARTS) is 1. The number of pyridine rings is 1. The van der Waals surface area contributed by atoms with E-state index >= 15 is 0 Å². The van der Waals surface area contributed by atoms with E-state index in [2.05, 4.69) is 15.6 Å². The summed E-state index contributed by atoms with van der Waals surface area (Å²) in [4.78, 5) is 26.1. The van der Waals surface area contributed by atoms with Gasteiger partial charge in [0.15, 0.2) is 5.41 Å². The van der Waals surface area contributed by atoms with Crippen LogP contribution in [0.2, 0.25) is 0 Å². The third kappa shape index (κ3) is 2.82. The second-order valence-corrected chi connectivity index (χ2v) is 4.70. The van der Waals surface area contributed by atoms with Crippen molar-refractivity contribution < 1.29 is 27.9 Å². The number of carbonyl (C=O) groups excluding carboxylic acids is 1. The van der Waals surface area contributed by atoms with Crippen molar-refractivity contribution in [2.24, 2.45) is 5.41 Å². The molecule has 3 N–H and O–H groups in total. The van der Waals surface area contributed by atoms with Gasteiger partial charge in [0, 0.05) is 6.54 Å². The maximum atomic E-state index is 13.1. The van der Waals surface area contributed by atoms with Gasteiger partial charge in [-0.25, -0.2) is 9.78 Å². The minimum absolute atomic E-state index is 0.0144. The number of carbonyl (C=O) groups is 2. The number of halogens is 3. The topological polar surface area (TPSA) is 91.3 Å². The molecular weight excluding hydrogens is 291 g/mol. The smallest absolute Gasteiger partial charge is 0.404 e. The number of carboxylic acids is 1. The van der Waals surface area contributed by atoms with Gasteiger partial charge in [-0.15, -0.1) is 0 Å². The first-order chi connectivity index (χ1) is 9.76. The van der Waals surface area contributed by atoms with Crippen molar-refractivity contribution >= 4 is 17.6 Å². The van der Waals surface area contributed by atoms with Crippen molar-refractivity contribution in [2.75, 3.05) is 18.4 Å².